The quantitative estimate of drug-likeness (QED) is 0.832. The topological polar surface area (TPSA) is 51.9 Å². The van der Waals surface area contributed by atoms with Crippen molar-refractivity contribution in [1.82, 2.24) is 19.7 Å². The Morgan fingerprint density at radius 1 is 1.15 bits per heavy atom. The van der Waals surface area contributed by atoms with Gasteiger partial charge in [0.25, 0.3) is 0 Å². The summed E-state index contributed by atoms with van der Waals surface area (Å²) in [6.07, 6.45) is 10.1. The van der Waals surface area contributed by atoms with Gasteiger partial charge < -0.3 is 5.32 Å². The highest BCUT2D eigenvalue weighted by Gasteiger charge is 2.16. The highest BCUT2D eigenvalue weighted by atomic mass is 16.2. The highest BCUT2D eigenvalue weighted by Crippen LogP contribution is 2.22. The standard InChI is InChI=1S/C15H26N4O/c20-15-18-10-5-4-8-14(18)17-19(15)11-9-16-12-13-6-2-1-3-7-13/h13,16H,1-12H2. The molecular formula is C15H26N4O. The highest BCUT2D eigenvalue weighted by molar-refractivity contribution is 4.91. The van der Waals surface area contributed by atoms with Gasteiger partial charge in [-0.1, -0.05) is 19.3 Å². The Morgan fingerprint density at radius 2 is 2.00 bits per heavy atom. The first-order valence-corrected chi connectivity index (χ1v) is 8.22. The van der Waals surface area contributed by atoms with Gasteiger partial charge in [0, 0.05) is 19.5 Å². The summed E-state index contributed by atoms with van der Waals surface area (Å²) in [6.45, 7) is 3.50. The van der Waals surface area contributed by atoms with Crippen LogP contribution >= 0.6 is 0 Å². The number of hydrogen-bond acceptors (Lipinski definition) is 3. The van der Waals surface area contributed by atoms with Crippen LogP contribution in [0.2, 0.25) is 0 Å². The maximum absolute atomic E-state index is 12.1. The minimum Gasteiger partial charge on any atom is -0.315 e. The number of aryl methyl sites for hydroxylation is 1. The molecule has 3 rings (SSSR count). The Balaban J connectivity index is 1.46. The van der Waals surface area contributed by atoms with Crippen molar-refractivity contribution < 1.29 is 0 Å². The van der Waals surface area contributed by atoms with Crippen LogP contribution in [0.15, 0.2) is 4.79 Å². The number of nitrogens with one attached hydrogen (secondary N) is 1. The average Bonchev–Trinajstić information content (AvgIpc) is 2.82. The van der Waals surface area contributed by atoms with E-state index in [0.29, 0.717) is 6.54 Å². The lowest BCUT2D eigenvalue weighted by Crippen LogP contribution is -2.32. The van der Waals surface area contributed by atoms with E-state index in [9.17, 15) is 4.79 Å². The Morgan fingerprint density at radius 3 is 2.80 bits per heavy atom. The average molecular weight is 278 g/mol. The molecule has 1 aromatic rings. The van der Waals surface area contributed by atoms with E-state index in [0.717, 1.165) is 50.6 Å². The van der Waals surface area contributed by atoms with E-state index in [1.165, 1.54) is 32.1 Å². The van der Waals surface area contributed by atoms with Crippen LogP contribution in [-0.4, -0.2) is 27.4 Å². The van der Waals surface area contributed by atoms with Crippen LogP contribution in [0.4, 0.5) is 0 Å². The molecule has 5 nitrogen and oxygen atoms in total. The molecule has 1 aliphatic carbocycles. The molecule has 112 valence electrons. The second-order valence-corrected chi connectivity index (χ2v) is 6.24. The molecule has 0 bridgehead atoms. The van der Waals surface area contributed by atoms with E-state index in [-0.39, 0.29) is 5.69 Å². The summed E-state index contributed by atoms with van der Waals surface area (Å²) < 4.78 is 3.50. The van der Waals surface area contributed by atoms with E-state index in [4.69, 9.17) is 0 Å². The third kappa shape index (κ3) is 3.14. The normalized spacial score (nSPS) is 20.0. The van der Waals surface area contributed by atoms with Crippen LogP contribution in [0.25, 0.3) is 0 Å². The van der Waals surface area contributed by atoms with Crippen LogP contribution in [0.3, 0.4) is 0 Å². The van der Waals surface area contributed by atoms with Crippen molar-refractivity contribution in [3.63, 3.8) is 0 Å². The molecule has 1 fully saturated rings. The van der Waals surface area contributed by atoms with Gasteiger partial charge in [-0.2, -0.15) is 5.10 Å². The van der Waals surface area contributed by atoms with E-state index in [2.05, 4.69) is 10.4 Å². The maximum Gasteiger partial charge on any atom is 0.345 e. The summed E-state index contributed by atoms with van der Waals surface area (Å²) in [6, 6.07) is 0. The van der Waals surface area contributed by atoms with Gasteiger partial charge in [0.1, 0.15) is 5.82 Å². The zero-order valence-corrected chi connectivity index (χ0v) is 12.3. The first-order valence-electron chi connectivity index (χ1n) is 8.22. The number of rotatable bonds is 5. The second-order valence-electron chi connectivity index (χ2n) is 6.24. The summed E-state index contributed by atoms with van der Waals surface area (Å²) in [5.41, 5.74) is 0.0826. The lowest BCUT2D eigenvalue weighted by Gasteiger charge is -2.21. The molecule has 1 N–H and O–H groups in total. The molecule has 0 unspecified atom stereocenters. The number of aromatic nitrogens is 3. The van der Waals surface area contributed by atoms with Gasteiger partial charge in [-0.05, 0) is 38.1 Å². The van der Waals surface area contributed by atoms with Gasteiger partial charge in [0.05, 0.1) is 6.54 Å². The Hall–Kier alpha value is -1.10. The first kappa shape index (κ1) is 13.9. The molecule has 0 aromatic carbocycles. The van der Waals surface area contributed by atoms with Crippen molar-refractivity contribution in [3.8, 4) is 0 Å². The molecule has 2 aliphatic rings. The van der Waals surface area contributed by atoms with E-state index in [1.54, 1.807) is 4.68 Å². The van der Waals surface area contributed by atoms with Crippen LogP contribution in [-0.2, 0) is 19.5 Å². The molecular weight excluding hydrogens is 252 g/mol. The van der Waals surface area contributed by atoms with Crippen molar-refractivity contribution in [2.24, 2.45) is 5.92 Å². The molecule has 0 spiro atoms. The lowest BCUT2D eigenvalue weighted by atomic mass is 9.89. The minimum absolute atomic E-state index is 0.0826. The zero-order chi connectivity index (χ0) is 13.8. The zero-order valence-electron chi connectivity index (χ0n) is 12.3. The predicted molar refractivity (Wildman–Crippen MR) is 78.9 cm³/mol. The molecule has 5 heteroatoms. The van der Waals surface area contributed by atoms with Crippen LogP contribution in [0, 0.1) is 5.92 Å². The van der Waals surface area contributed by atoms with Crippen LogP contribution in [0.5, 0.6) is 0 Å². The first-order chi connectivity index (χ1) is 9.84. The molecule has 1 saturated carbocycles. The smallest absolute Gasteiger partial charge is 0.315 e. The van der Waals surface area contributed by atoms with Crippen molar-refractivity contribution in [1.29, 1.82) is 0 Å². The van der Waals surface area contributed by atoms with E-state index in [1.807, 2.05) is 4.57 Å². The Kier molecular flexibility index (Phi) is 4.55. The predicted octanol–water partition coefficient (Wildman–Crippen LogP) is 1.55. The Labute approximate surface area is 120 Å². The van der Waals surface area contributed by atoms with Gasteiger partial charge in [-0.3, -0.25) is 4.57 Å². The minimum atomic E-state index is 0.0826. The maximum atomic E-state index is 12.1. The van der Waals surface area contributed by atoms with Crippen molar-refractivity contribution >= 4 is 0 Å². The molecule has 0 atom stereocenters. The third-order valence-electron chi connectivity index (χ3n) is 4.69. The van der Waals surface area contributed by atoms with Gasteiger partial charge in [-0.15, -0.1) is 0 Å². The van der Waals surface area contributed by atoms with Gasteiger partial charge in [-0.25, -0.2) is 9.48 Å². The van der Waals surface area contributed by atoms with Crippen molar-refractivity contribution in [2.75, 3.05) is 13.1 Å². The molecule has 1 aliphatic heterocycles. The van der Waals surface area contributed by atoms with Crippen LogP contribution in [0.1, 0.15) is 50.8 Å². The molecule has 0 saturated heterocycles. The molecule has 20 heavy (non-hydrogen) atoms. The second kappa shape index (κ2) is 6.57. The van der Waals surface area contributed by atoms with Crippen LogP contribution < -0.4 is 11.0 Å². The van der Waals surface area contributed by atoms with E-state index < -0.39 is 0 Å². The van der Waals surface area contributed by atoms with Gasteiger partial charge >= 0.3 is 5.69 Å². The molecule has 1 aromatic heterocycles. The fourth-order valence-electron chi connectivity index (χ4n) is 3.48. The van der Waals surface area contributed by atoms with Crippen molar-refractivity contribution in [2.45, 2.75) is 64.5 Å². The fraction of sp³-hybridized carbons (Fsp3) is 0.867. The van der Waals surface area contributed by atoms with Gasteiger partial charge in [0.15, 0.2) is 0 Å². The third-order valence-corrected chi connectivity index (χ3v) is 4.69. The summed E-state index contributed by atoms with van der Waals surface area (Å²) in [7, 11) is 0. The molecule has 0 radical (unpaired) electrons. The molecule has 0 amide bonds. The van der Waals surface area contributed by atoms with E-state index >= 15 is 0 Å². The lowest BCUT2D eigenvalue weighted by molar-refractivity contribution is 0.339. The van der Waals surface area contributed by atoms with Crippen molar-refractivity contribution in [3.05, 3.63) is 16.3 Å². The van der Waals surface area contributed by atoms with Gasteiger partial charge in [0.2, 0.25) is 0 Å². The largest absolute Gasteiger partial charge is 0.345 e. The SMILES string of the molecule is O=c1n(CCNCC2CCCCC2)nc2n1CCCC2. The number of hydrogen-bond donors (Lipinski definition) is 1. The summed E-state index contributed by atoms with van der Waals surface area (Å²) in [5, 5.41) is 7.96. The summed E-state index contributed by atoms with van der Waals surface area (Å²) in [4.78, 5) is 12.1. The molecule has 2 heterocycles. The monoisotopic (exact) mass is 278 g/mol. The number of nitrogens with zero attached hydrogens (tertiary/aromatic N) is 3. The Bertz CT molecular complexity index is 485. The number of fused-ring (bicyclic) bond motifs is 1. The summed E-state index contributed by atoms with van der Waals surface area (Å²) >= 11 is 0. The summed E-state index contributed by atoms with van der Waals surface area (Å²) in [5.74, 6) is 1.82. The fourth-order valence-corrected chi connectivity index (χ4v) is 3.48.